The molecule has 0 bridgehead atoms. The maximum Gasteiger partial charge on any atom is 0.244 e. The van der Waals surface area contributed by atoms with E-state index in [-0.39, 0.29) is 4.90 Å². The lowest BCUT2D eigenvalue weighted by atomic mass is 10.2. The number of nitrogens with zero attached hydrogens (tertiary/aromatic N) is 1. The molecule has 1 aromatic carbocycles. The summed E-state index contributed by atoms with van der Waals surface area (Å²) in [5, 5.41) is 0.414. The zero-order chi connectivity index (χ0) is 18.3. The van der Waals surface area contributed by atoms with Crippen molar-refractivity contribution in [1.82, 2.24) is 9.62 Å². The van der Waals surface area contributed by atoms with Crippen LogP contribution in [0, 0.1) is 6.92 Å². The van der Waals surface area contributed by atoms with Crippen molar-refractivity contribution in [2.45, 2.75) is 31.6 Å². The molecule has 0 aliphatic carbocycles. The van der Waals surface area contributed by atoms with Gasteiger partial charge in [0.05, 0.1) is 19.8 Å². The Labute approximate surface area is 155 Å². The lowest BCUT2D eigenvalue weighted by Gasteiger charge is -2.26. The molecule has 6 nitrogen and oxygen atoms in total. The van der Waals surface area contributed by atoms with E-state index >= 15 is 0 Å². The van der Waals surface area contributed by atoms with Gasteiger partial charge in [0.2, 0.25) is 10.0 Å². The van der Waals surface area contributed by atoms with E-state index in [1.165, 1.54) is 6.07 Å². The standard InChI is InChI=1S/C17H27ClN2O4S/c1-3-9-24-16-12-14(2)15(18)13-17(16)25(21,22)19-5-4-6-20-7-10-23-11-8-20/h12-13,19H,3-11H2,1-2H3. The zero-order valence-corrected chi connectivity index (χ0v) is 16.5. The number of sulfonamides is 1. The van der Waals surface area contributed by atoms with Crippen LogP contribution in [-0.2, 0) is 14.8 Å². The molecule has 1 aromatic rings. The van der Waals surface area contributed by atoms with E-state index in [1.807, 2.05) is 13.8 Å². The van der Waals surface area contributed by atoms with Crippen LogP contribution < -0.4 is 9.46 Å². The first kappa shape index (κ1) is 20.5. The molecule has 0 amide bonds. The van der Waals surface area contributed by atoms with Gasteiger partial charge in [-0.2, -0.15) is 0 Å². The minimum Gasteiger partial charge on any atom is -0.492 e. The Morgan fingerprint density at radius 2 is 2.04 bits per heavy atom. The van der Waals surface area contributed by atoms with Crippen molar-refractivity contribution in [3.8, 4) is 5.75 Å². The topological polar surface area (TPSA) is 67.9 Å². The van der Waals surface area contributed by atoms with Crippen LogP contribution in [0.2, 0.25) is 5.02 Å². The number of ether oxygens (including phenoxy) is 2. The monoisotopic (exact) mass is 390 g/mol. The Kier molecular flexibility index (Phi) is 7.96. The van der Waals surface area contributed by atoms with Crippen molar-refractivity contribution in [3.05, 3.63) is 22.7 Å². The van der Waals surface area contributed by atoms with E-state index < -0.39 is 10.0 Å². The Morgan fingerprint density at radius 3 is 2.72 bits per heavy atom. The van der Waals surface area contributed by atoms with Crippen LogP contribution in [0.25, 0.3) is 0 Å². The minimum atomic E-state index is -3.67. The summed E-state index contributed by atoms with van der Waals surface area (Å²) in [5.74, 6) is 0.351. The fourth-order valence-corrected chi connectivity index (χ4v) is 4.04. The lowest BCUT2D eigenvalue weighted by molar-refractivity contribution is 0.0376. The molecular formula is C17H27ClN2O4S. The Balaban J connectivity index is 1.98. The molecule has 1 aliphatic heterocycles. The summed E-state index contributed by atoms with van der Waals surface area (Å²) in [6.07, 6.45) is 1.54. The van der Waals surface area contributed by atoms with E-state index in [2.05, 4.69) is 9.62 Å². The molecule has 8 heteroatoms. The molecule has 1 N–H and O–H groups in total. The average Bonchev–Trinajstić information content (AvgIpc) is 2.60. The highest BCUT2D eigenvalue weighted by Gasteiger charge is 2.21. The van der Waals surface area contributed by atoms with Gasteiger partial charge in [0, 0.05) is 24.7 Å². The fraction of sp³-hybridized carbons (Fsp3) is 0.647. The first-order valence-corrected chi connectivity index (χ1v) is 10.5. The number of halogens is 1. The second kappa shape index (κ2) is 9.73. The van der Waals surface area contributed by atoms with Gasteiger partial charge < -0.3 is 9.47 Å². The summed E-state index contributed by atoms with van der Waals surface area (Å²) in [7, 11) is -3.67. The van der Waals surface area contributed by atoms with Crippen LogP contribution in [0.1, 0.15) is 25.3 Å². The fourth-order valence-electron chi connectivity index (χ4n) is 2.58. The Morgan fingerprint density at radius 1 is 1.32 bits per heavy atom. The summed E-state index contributed by atoms with van der Waals surface area (Å²) in [5.41, 5.74) is 0.791. The molecule has 1 heterocycles. The number of rotatable bonds is 9. The summed E-state index contributed by atoms with van der Waals surface area (Å²) in [6.45, 7) is 8.76. The SMILES string of the molecule is CCCOc1cc(C)c(Cl)cc1S(=O)(=O)NCCCN1CCOCC1. The summed E-state index contributed by atoms with van der Waals surface area (Å²) < 4.78 is 38.9. The van der Waals surface area contributed by atoms with Crippen molar-refractivity contribution >= 4 is 21.6 Å². The highest BCUT2D eigenvalue weighted by atomic mass is 35.5. The molecule has 142 valence electrons. The zero-order valence-electron chi connectivity index (χ0n) is 14.9. The van der Waals surface area contributed by atoms with Gasteiger partial charge in [0.1, 0.15) is 10.6 Å². The van der Waals surface area contributed by atoms with E-state index in [0.717, 1.165) is 51.3 Å². The van der Waals surface area contributed by atoms with Gasteiger partial charge in [-0.05, 0) is 44.0 Å². The van der Waals surface area contributed by atoms with Gasteiger partial charge in [0.25, 0.3) is 0 Å². The average molecular weight is 391 g/mol. The summed E-state index contributed by atoms with van der Waals surface area (Å²) in [6, 6.07) is 3.15. The molecule has 1 aliphatic rings. The quantitative estimate of drug-likeness (QED) is 0.656. The second-order valence-electron chi connectivity index (χ2n) is 6.10. The molecule has 0 atom stereocenters. The first-order valence-electron chi connectivity index (χ1n) is 8.66. The molecule has 0 saturated carbocycles. The van der Waals surface area contributed by atoms with Crippen LogP contribution in [0.5, 0.6) is 5.75 Å². The number of hydrogen-bond acceptors (Lipinski definition) is 5. The molecular weight excluding hydrogens is 364 g/mol. The normalized spacial score (nSPS) is 16.1. The van der Waals surface area contributed by atoms with Gasteiger partial charge in [0.15, 0.2) is 0 Å². The van der Waals surface area contributed by atoms with Gasteiger partial charge in [-0.3, -0.25) is 4.90 Å². The van der Waals surface area contributed by atoms with E-state index in [1.54, 1.807) is 6.07 Å². The van der Waals surface area contributed by atoms with Crippen LogP contribution >= 0.6 is 11.6 Å². The van der Waals surface area contributed by atoms with E-state index in [9.17, 15) is 8.42 Å². The predicted octanol–water partition coefficient (Wildman–Crippen LogP) is 2.44. The van der Waals surface area contributed by atoms with Crippen molar-refractivity contribution in [1.29, 1.82) is 0 Å². The maximum absolute atomic E-state index is 12.6. The van der Waals surface area contributed by atoms with Gasteiger partial charge >= 0.3 is 0 Å². The van der Waals surface area contributed by atoms with Crippen LogP contribution in [-0.4, -0.2) is 59.3 Å². The number of aryl methyl sites for hydroxylation is 1. The second-order valence-corrected chi connectivity index (χ2v) is 8.24. The largest absolute Gasteiger partial charge is 0.492 e. The lowest BCUT2D eigenvalue weighted by Crippen LogP contribution is -2.38. The number of nitrogens with one attached hydrogen (secondary N) is 1. The van der Waals surface area contributed by atoms with Gasteiger partial charge in [-0.1, -0.05) is 18.5 Å². The van der Waals surface area contributed by atoms with Gasteiger partial charge in [-0.25, -0.2) is 13.1 Å². The third-order valence-corrected chi connectivity index (χ3v) is 5.91. The van der Waals surface area contributed by atoms with Crippen LogP contribution in [0.15, 0.2) is 17.0 Å². The smallest absolute Gasteiger partial charge is 0.244 e. The highest BCUT2D eigenvalue weighted by molar-refractivity contribution is 7.89. The number of hydrogen-bond donors (Lipinski definition) is 1. The first-order chi connectivity index (χ1) is 11.9. The highest BCUT2D eigenvalue weighted by Crippen LogP contribution is 2.30. The molecule has 1 fully saturated rings. The molecule has 25 heavy (non-hydrogen) atoms. The molecule has 0 unspecified atom stereocenters. The van der Waals surface area contributed by atoms with E-state index in [4.69, 9.17) is 21.1 Å². The number of benzene rings is 1. The van der Waals surface area contributed by atoms with Crippen LogP contribution in [0.3, 0.4) is 0 Å². The molecule has 0 aromatic heterocycles. The minimum absolute atomic E-state index is 0.0999. The Bertz CT molecular complexity index is 661. The van der Waals surface area contributed by atoms with E-state index in [0.29, 0.717) is 23.9 Å². The van der Waals surface area contributed by atoms with Crippen molar-refractivity contribution in [2.24, 2.45) is 0 Å². The summed E-state index contributed by atoms with van der Waals surface area (Å²) >= 11 is 6.12. The van der Waals surface area contributed by atoms with Crippen LogP contribution in [0.4, 0.5) is 0 Å². The molecule has 1 saturated heterocycles. The number of morpholine rings is 1. The molecule has 0 spiro atoms. The third kappa shape index (κ3) is 6.11. The van der Waals surface area contributed by atoms with Crippen molar-refractivity contribution in [3.63, 3.8) is 0 Å². The Hall–Kier alpha value is -0.860. The van der Waals surface area contributed by atoms with Crippen molar-refractivity contribution in [2.75, 3.05) is 46.0 Å². The maximum atomic E-state index is 12.6. The third-order valence-electron chi connectivity index (χ3n) is 4.02. The summed E-state index contributed by atoms with van der Waals surface area (Å²) in [4.78, 5) is 2.37. The predicted molar refractivity (Wildman–Crippen MR) is 99.0 cm³/mol. The molecule has 2 rings (SSSR count). The molecule has 0 radical (unpaired) electrons. The van der Waals surface area contributed by atoms with Crippen molar-refractivity contribution < 1.29 is 17.9 Å². The van der Waals surface area contributed by atoms with Gasteiger partial charge in [-0.15, -0.1) is 0 Å².